The molecule has 0 spiro atoms. The first kappa shape index (κ1) is 16.1. The van der Waals surface area contributed by atoms with Crippen molar-refractivity contribution in [2.75, 3.05) is 14.2 Å². The Morgan fingerprint density at radius 2 is 1.62 bits per heavy atom. The first-order valence-corrected chi connectivity index (χ1v) is 7.75. The SMILES string of the molecule is COc1ccc2c(c1)COC(c1ccc(OC)cc1C(C)=O)=C2C. The van der Waals surface area contributed by atoms with E-state index < -0.39 is 0 Å². The van der Waals surface area contributed by atoms with Crippen LogP contribution in [-0.4, -0.2) is 20.0 Å². The molecule has 0 bridgehead atoms. The first-order valence-electron chi connectivity index (χ1n) is 7.75. The van der Waals surface area contributed by atoms with Gasteiger partial charge in [0.05, 0.1) is 14.2 Å². The molecule has 0 aromatic heterocycles. The van der Waals surface area contributed by atoms with Crippen molar-refractivity contribution >= 4 is 17.1 Å². The number of rotatable bonds is 4. The van der Waals surface area contributed by atoms with Gasteiger partial charge in [0.15, 0.2) is 5.78 Å². The van der Waals surface area contributed by atoms with Crippen LogP contribution in [0.4, 0.5) is 0 Å². The molecule has 0 unspecified atom stereocenters. The molecule has 0 N–H and O–H groups in total. The standard InChI is InChI=1S/C20H20O4/c1-12-17-7-5-15(22-3)9-14(17)11-24-20(12)18-8-6-16(23-4)10-19(18)13(2)21/h5-10H,11H2,1-4H3. The second kappa shape index (κ2) is 6.40. The van der Waals surface area contributed by atoms with Gasteiger partial charge in [0.2, 0.25) is 0 Å². The fourth-order valence-corrected chi connectivity index (χ4v) is 2.98. The Labute approximate surface area is 141 Å². The zero-order valence-electron chi connectivity index (χ0n) is 14.3. The highest BCUT2D eigenvalue weighted by molar-refractivity contribution is 6.02. The van der Waals surface area contributed by atoms with E-state index in [9.17, 15) is 4.79 Å². The molecule has 1 heterocycles. The maximum absolute atomic E-state index is 12.1. The average Bonchev–Trinajstić information content (AvgIpc) is 2.61. The van der Waals surface area contributed by atoms with Crippen LogP contribution < -0.4 is 9.47 Å². The summed E-state index contributed by atoms with van der Waals surface area (Å²) in [6.07, 6.45) is 0. The van der Waals surface area contributed by atoms with Crippen LogP contribution >= 0.6 is 0 Å². The van der Waals surface area contributed by atoms with Crippen LogP contribution in [0.2, 0.25) is 0 Å². The molecule has 0 radical (unpaired) electrons. The number of fused-ring (bicyclic) bond motifs is 1. The lowest BCUT2D eigenvalue weighted by Gasteiger charge is -2.24. The lowest BCUT2D eigenvalue weighted by molar-refractivity contribution is 0.101. The third-order valence-electron chi connectivity index (χ3n) is 4.28. The van der Waals surface area contributed by atoms with Gasteiger partial charge in [0.1, 0.15) is 23.9 Å². The minimum absolute atomic E-state index is 0.0201. The number of Topliss-reactive ketones (excluding diaryl/α,β-unsaturated/α-hetero) is 1. The van der Waals surface area contributed by atoms with E-state index >= 15 is 0 Å². The number of hydrogen-bond acceptors (Lipinski definition) is 4. The molecule has 124 valence electrons. The van der Waals surface area contributed by atoms with Gasteiger partial charge >= 0.3 is 0 Å². The summed E-state index contributed by atoms with van der Waals surface area (Å²) < 4.78 is 16.5. The average molecular weight is 324 g/mol. The lowest BCUT2D eigenvalue weighted by atomic mass is 9.93. The monoisotopic (exact) mass is 324 g/mol. The van der Waals surface area contributed by atoms with Gasteiger partial charge in [-0.15, -0.1) is 0 Å². The van der Waals surface area contributed by atoms with Crippen LogP contribution in [0.5, 0.6) is 11.5 Å². The summed E-state index contributed by atoms with van der Waals surface area (Å²) in [4.78, 5) is 12.1. The Balaban J connectivity index is 2.14. The third kappa shape index (κ3) is 2.75. The number of hydrogen-bond donors (Lipinski definition) is 0. The predicted molar refractivity (Wildman–Crippen MR) is 93.3 cm³/mol. The van der Waals surface area contributed by atoms with Crippen molar-refractivity contribution in [2.45, 2.75) is 20.5 Å². The second-order valence-electron chi connectivity index (χ2n) is 5.73. The first-order chi connectivity index (χ1) is 11.5. The number of allylic oxidation sites excluding steroid dienone is 1. The van der Waals surface area contributed by atoms with Gasteiger partial charge in [0.25, 0.3) is 0 Å². The van der Waals surface area contributed by atoms with Crippen LogP contribution in [0.3, 0.4) is 0 Å². The van der Waals surface area contributed by atoms with Crippen molar-refractivity contribution in [3.8, 4) is 11.5 Å². The molecule has 24 heavy (non-hydrogen) atoms. The smallest absolute Gasteiger partial charge is 0.160 e. The summed E-state index contributed by atoms with van der Waals surface area (Å²) in [5.41, 5.74) is 4.59. The molecule has 0 aliphatic carbocycles. The van der Waals surface area contributed by atoms with Crippen molar-refractivity contribution in [1.29, 1.82) is 0 Å². The number of methoxy groups -OCH3 is 2. The third-order valence-corrected chi connectivity index (χ3v) is 4.28. The molecule has 4 heteroatoms. The van der Waals surface area contributed by atoms with Gasteiger partial charge in [-0.2, -0.15) is 0 Å². The van der Waals surface area contributed by atoms with E-state index in [2.05, 4.69) is 0 Å². The summed E-state index contributed by atoms with van der Waals surface area (Å²) in [7, 11) is 3.24. The second-order valence-corrected chi connectivity index (χ2v) is 5.73. The number of ether oxygens (including phenoxy) is 3. The molecule has 1 aliphatic rings. The fraction of sp³-hybridized carbons (Fsp3) is 0.250. The molecule has 1 aliphatic heterocycles. The highest BCUT2D eigenvalue weighted by Crippen LogP contribution is 2.38. The Hall–Kier alpha value is -2.75. The van der Waals surface area contributed by atoms with Gasteiger partial charge in [-0.1, -0.05) is 6.07 Å². The van der Waals surface area contributed by atoms with E-state index in [1.807, 2.05) is 37.3 Å². The van der Waals surface area contributed by atoms with Crippen molar-refractivity contribution in [3.05, 3.63) is 58.7 Å². The van der Waals surface area contributed by atoms with E-state index in [1.165, 1.54) is 0 Å². The largest absolute Gasteiger partial charge is 0.497 e. The molecule has 2 aromatic carbocycles. The zero-order chi connectivity index (χ0) is 17.3. The predicted octanol–water partition coefficient (Wildman–Crippen LogP) is 4.32. The minimum Gasteiger partial charge on any atom is -0.497 e. The van der Waals surface area contributed by atoms with Crippen LogP contribution in [0, 0.1) is 0 Å². The zero-order valence-corrected chi connectivity index (χ0v) is 14.3. The Morgan fingerprint density at radius 3 is 2.25 bits per heavy atom. The minimum atomic E-state index is -0.0201. The van der Waals surface area contributed by atoms with Gasteiger partial charge in [-0.25, -0.2) is 0 Å². The molecular formula is C20H20O4. The molecule has 4 nitrogen and oxygen atoms in total. The van der Waals surface area contributed by atoms with Gasteiger partial charge in [-0.3, -0.25) is 4.79 Å². The normalized spacial score (nSPS) is 13.2. The van der Waals surface area contributed by atoms with Crippen LogP contribution in [0.25, 0.3) is 11.3 Å². The van der Waals surface area contributed by atoms with E-state index in [-0.39, 0.29) is 5.78 Å². The van der Waals surface area contributed by atoms with Gasteiger partial charge in [0, 0.05) is 16.7 Å². The molecule has 0 saturated carbocycles. The highest BCUT2D eigenvalue weighted by Gasteiger charge is 2.22. The van der Waals surface area contributed by atoms with Gasteiger partial charge < -0.3 is 14.2 Å². The molecular weight excluding hydrogens is 304 g/mol. The molecule has 0 saturated heterocycles. The summed E-state index contributed by atoms with van der Waals surface area (Å²) >= 11 is 0. The Kier molecular flexibility index (Phi) is 4.30. The Bertz CT molecular complexity index is 834. The van der Waals surface area contributed by atoms with Crippen molar-refractivity contribution in [2.24, 2.45) is 0 Å². The summed E-state index contributed by atoms with van der Waals surface area (Å²) in [5.74, 6) is 2.18. The molecule has 0 atom stereocenters. The van der Waals surface area contributed by atoms with E-state index in [1.54, 1.807) is 27.2 Å². The van der Waals surface area contributed by atoms with Crippen molar-refractivity contribution < 1.29 is 19.0 Å². The summed E-state index contributed by atoms with van der Waals surface area (Å²) in [6, 6.07) is 11.4. The molecule has 3 rings (SSSR count). The molecule has 2 aromatic rings. The topological polar surface area (TPSA) is 44.8 Å². The number of carbonyl (C=O) groups excluding carboxylic acids is 1. The maximum Gasteiger partial charge on any atom is 0.160 e. The maximum atomic E-state index is 12.1. The number of benzene rings is 2. The van der Waals surface area contributed by atoms with Crippen molar-refractivity contribution in [1.82, 2.24) is 0 Å². The molecule has 0 amide bonds. The van der Waals surface area contributed by atoms with Crippen LogP contribution in [-0.2, 0) is 11.3 Å². The van der Waals surface area contributed by atoms with Crippen LogP contribution in [0.1, 0.15) is 40.9 Å². The molecule has 0 fully saturated rings. The summed E-state index contributed by atoms with van der Waals surface area (Å²) in [6.45, 7) is 4.01. The highest BCUT2D eigenvalue weighted by atomic mass is 16.5. The fourth-order valence-electron chi connectivity index (χ4n) is 2.98. The van der Waals surface area contributed by atoms with E-state index in [4.69, 9.17) is 14.2 Å². The number of ketones is 1. The van der Waals surface area contributed by atoms with Gasteiger partial charge in [-0.05, 0) is 55.3 Å². The van der Waals surface area contributed by atoms with Crippen LogP contribution in [0.15, 0.2) is 36.4 Å². The van der Waals surface area contributed by atoms with E-state index in [0.29, 0.717) is 17.9 Å². The van der Waals surface area contributed by atoms with Crippen molar-refractivity contribution in [3.63, 3.8) is 0 Å². The lowest BCUT2D eigenvalue weighted by Crippen LogP contribution is -2.09. The number of carbonyl (C=O) groups is 1. The quantitative estimate of drug-likeness (QED) is 0.786. The van der Waals surface area contributed by atoms with E-state index in [0.717, 1.165) is 33.8 Å². The Morgan fingerprint density at radius 1 is 1.00 bits per heavy atom. The summed E-state index contributed by atoms with van der Waals surface area (Å²) in [5, 5.41) is 0.